The van der Waals surface area contributed by atoms with Crippen LogP contribution in [0.3, 0.4) is 0 Å². The molecule has 0 N–H and O–H groups in total. The molecule has 0 amide bonds. The maximum Gasteiger partial charge on any atom is 0.171 e. The summed E-state index contributed by atoms with van der Waals surface area (Å²) in [5.41, 5.74) is 1.63. The monoisotopic (exact) mass is 285 g/mol. The lowest BCUT2D eigenvalue weighted by Gasteiger charge is -2.07. The van der Waals surface area contributed by atoms with Crippen LogP contribution in [-0.2, 0) is 6.42 Å². The minimum Gasteiger partial charge on any atom is -0.247 e. The molecule has 0 aliphatic heterocycles. The van der Waals surface area contributed by atoms with E-state index in [0.29, 0.717) is 16.7 Å². The van der Waals surface area contributed by atoms with Crippen molar-refractivity contribution in [1.29, 1.82) is 0 Å². The first-order valence-corrected chi connectivity index (χ1v) is 7.14. The molecule has 2 aromatic heterocycles. The van der Waals surface area contributed by atoms with E-state index in [0.717, 1.165) is 17.4 Å². The van der Waals surface area contributed by atoms with Gasteiger partial charge in [0.25, 0.3) is 0 Å². The van der Waals surface area contributed by atoms with Gasteiger partial charge in [0.2, 0.25) is 0 Å². The van der Waals surface area contributed by atoms with Gasteiger partial charge in [-0.2, -0.15) is 0 Å². The highest BCUT2D eigenvalue weighted by molar-refractivity contribution is 7.92. The van der Waals surface area contributed by atoms with Gasteiger partial charge in [0.05, 0.1) is 5.39 Å². The zero-order valence-electron chi connectivity index (χ0n) is 9.77. The Kier molecular flexibility index (Phi) is 3.43. The lowest BCUT2D eigenvalue weighted by atomic mass is 9.98. The molecule has 1 aliphatic carbocycles. The fraction of sp³-hybridized carbons (Fsp3) is 0.500. The van der Waals surface area contributed by atoms with Crippen LogP contribution >= 0.6 is 23.9 Å². The van der Waals surface area contributed by atoms with E-state index in [1.54, 1.807) is 6.20 Å². The number of hydrogen-bond acceptors (Lipinski definition) is 3. The zero-order valence-corrected chi connectivity index (χ0v) is 11.3. The summed E-state index contributed by atoms with van der Waals surface area (Å²) in [6.45, 7) is 0. The highest BCUT2D eigenvalue weighted by atomic mass is 35.5. The molecule has 2 aromatic rings. The maximum absolute atomic E-state index is 12.9. The van der Waals surface area contributed by atoms with E-state index in [-0.39, 0.29) is 12.3 Å². The molecule has 3 rings (SSSR count). The van der Waals surface area contributed by atoms with Gasteiger partial charge in [-0.25, -0.2) is 13.9 Å². The van der Waals surface area contributed by atoms with Gasteiger partial charge in [-0.1, -0.05) is 37.3 Å². The highest BCUT2D eigenvalue weighted by Gasteiger charge is 2.20. The number of nitrogens with zero attached hydrogens (tertiary/aromatic N) is 3. The summed E-state index contributed by atoms with van der Waals surface area (Å²) in [5.74, 6) is 0.685. The summed E-state index contributed by atoms with van der Waals surface area (Å²) in [6.07, 6.45) is 9.21. The van der Waals surface area contributed by atoms with E-state index < -0.39 is 0 Å². The second-order valence-electron chi connectivity index (χ2n) is 4.77. The smallest absolute Gasteiger partial charge is 0.171 e. The maximum atomic E-state index is 12.9. The van der Waals surface area contributed by atoms with Crippen LogP contribution in [0, 0.1) is 5.92 Å². The minimum atomic E-state index is 0.153. The predicted octanol–water partition coefficient (Wildman–Crippen LogP) is 4.20. The second kappa shape index (κ2) is 5.05. The first-order valence-electron chi connectivity index (χ1n) is 6.09. The Morgan fingerprint density at radius 3 is 2.89 bits per heavy atom. The topological polar surface area (TPSA) is 30.7 Å². The molecule has 0 aromatic carbocycles. The molecule has 1 aliphatic rings. The molecule has 0 bridgehead atoms. The third-order valence-corrected chi connectivity index (χ3v) is 4.36. The highest BCUT2D eigenvalue weighted by Crippen LogP contribution is 2.34. The van der Waals surface area contributed by atoms with Crippen molar-refractivity contribution < 1.29 is 3.89 Å². The van der Waals surface area contributed by atoms with Crippen molar-refractivity contribution in [3.05, 3.63) is 23.2 Å². The Hall–Kier alpha value is -0.810. The minimum absolute atomic E-state index is 0.153. The molecule has 18 heavy (non-hydrogen) atoms. The van der Waals surface area contributed by atoms with Gasteiger partial charge in [-0.15, -0.1) is 3.89 Å². The SMILES string of the molecule is FSn1cc(CC2CCCC2)c2c(Cl)ncnc21. The normalized spacial score (nSPS) is 16.8. The fourth-order valence-corrected chi connectivity index (χ4v) is 3.42. The number of rotatable bonds is 3. The number of halogens is 2. The summed E-state index contributed by atoms with van der Waals surface area (Å²) < 4.78 is 14.3. The average Bonchev–Trinajstić information content (AvgIpc) is 2.98. The van der Waals surface area contributed by atoms with Crippen LogP contribution in [0.2, 0.25) is 5.15 Å². The number of hydrogen-bond donors (Lipinski definition) is 0. The summed E-state index contributed by atoms with van der Waals surface area (Å²) in [6, 6.07) is 0. The Bertz CT molecular complexity index is 566. The van der Waals surface area contributed by atoms with Crippen molar-refractivity contribution >= 4 is 35.0 Å². The van der Waals surface area contributed by atoms with E-state index in [1.807, 2.05) is 0 Å². The molecule has 3 nitrogen and oxygen atoms in total. The molecule has 96 valence electrons. The average molecular weight is 286 g/mol. The molecule has 1 saturated carbocycles. The largest absolute Gasteiger partial charge is 0.247 e. The lowest BCUT2D eigenvalue weighted by molar-refractivity contribution is 0.548. The van der Waals surface area contributed by atoms with Gasteiger partial charge in [-0.05, 0) is 17.9 Å². The second-order valence-corrected chi connectivity index (χ2v) is 5.66. The predicted molar refractivity (Wildman–Crippen MR) is 72.3 cm³/mol. The van der Waals surface area contributed by atoms with Gasteiger partial charge < -0.3 is 0 Å². The quantitative estimate of drug-likeness (QED) is 0.792. The van der Waals surface area contributed by atoms with Crippen molar-refractivity contribution in [2.45, 2.75) is 32.1 Å². The Labute approximate surface area is 114 Å². The molecule has 1 fully saturated rings. The van der Waals surface area contributed by atoms with Crippen LogP contribution in [-0.4, -0.2) is 13.9 Å². The summed E-state index contributed by atoms with van der Waals surface area (Å²) >= 11 is 6.28. The third-order valence-electron chi connectivity index (χ3n) is 3.64. The Morgan fingerprint density at radius 2 is 2.17 bits per heavy atom. The summed E-state index contributed by atoms with van der Waals surface area (Å²) in [5, 5.41) is 1.22. The molecule has 6 heteroatoms. The Morgan fingerprint density at radius 1 is 1.39 bits per heavy atom. The molecule has 0 unspecified atom stereocenters. The van der Waals surface area contributed by atoms with Gasteiger partial charge in [0.15, 0.2) is 18.0 Å². The van der Waals surface area contributed by atoms with Gasteiger partial charge >= 0.3 is 0 Å². The van der Waals surface area contributed by atoms with Crippen molar-refractivity contribution in [3.8, 4) is 0 Å². The van der Waals surface area contributed by atoms with Crippen molar-refractivity contribution in [2.75, 3.05) is 0 Å². The van der Waals surface area contributed by atoms with Crippen LogP contribution in [0.5, 0.6) is 0 Å². The molecule has 0 spiro atoms. The summed E-state index contributed by atoms with van der Waals surface area (Å²) in [4.78, 5) is 8.11. The van der Waals surface area contributed by atoms with E-state index >= 15 is 0 Å². The molecular formula is C12H13ClFN3S. The van der Waals surface area contributed by atoms with E-state index in [1.165, 1.54) is 36.0 Å². The lowest BCUT2D eigenvalue weighted by Crippen LogP contribution is -1.98. The first kappa shape index (κ1) is 12.2. The van der Waals surface area contributed by atoms with E-state index in [4.69, 9.17) is 11.6 Å². The van der Waals surface area contributed by atoms with Gasteiger partial charge in [0.1, 0.15) is 11.5 Å². The van der Waals surface area contributed by atoms with Gasteiger partial charge in [0, 0.05) is 6.20 Å². The molecule has 0 saturated heterocycles. The van der Waals surface area contributed by atoms with Crippen LogP contribution in [0.1, 0.15) is 31.2 Å². The molecule has 0 radical (unpaired) electrons. The molecule has 0 atom stereocenters. The first-order chi connectivity index (χ1) is 8.79. The molecule has 2 heterocycles. The van der Waals surface area contributed by atoms with Crippen molar-refractivity contribution in [1.82, 2.24) is 13.9 Å². The third kappa shape index (κ3) is 2.10. The number of aromatic nitrogens is 3. The summed E-state index contributed by atoms with van der Waals surface area (Å²) in [7, 11) is 0. The fourth-order valence-electron chi connectivity index (χ4n) is 2.80. The zero-order chi connectivity index (χ0) is 12.5. The van der Waals surface area contributed by atoms with Crippen LogP contribution in [0.15, 0.2) is 12.5 Å². The van der Waals surface area contributed by atoms with Crippen LogP contribution in [0.4, 0.5) is 3.89 Å². The standard InChI is InChI=1S/C12H13ClFN3S/c13-11-10-9(5-8-3-1-2-4-8)6-17(18-14)12(10)16-7-15-11/h6-8H,1-5H2. The van der Waals surface area contributed by atoms with E-state index in [9.17, 15) is 3.89 Å². The van der Waals surface area contributed by atoms with Crippen molar-refractivity contribution in [2.24, 2.45) is 5.92 Å². The number of fused-ring (bicyclic) bond motifs is 1. The van der Waals surface area contributed by atoms with E-state index in [2.05, 4.69) is 9.97 Å². The molecular weight excluding hydrogens is 273 g/mol. The van der Waals surface area contributed by atoms with Crippen molar-refractivity contribution in [3.63, 3.8) is 0 Å². The van der Waals surface area contributed by atoms with Crippen LogP contribution < -0.4 is 0 Å². The Balaban J connectivity index is 2.04. The van der Waals surface area contributed by atoms with Gasteiger partial charge in [-0.3, -0.25) is 0 Å². The van der Waals surface area contributed by atoms with Crippen LogP contribution in [0.25, 0.3) is 11.0 Å².